The SMILES string of the molecule is CN1Cc2ccc(NC3CCOC3)cc2C1. The van der Waals surface area contributed by atoms with E-state index in [0.717, 1.165) is 32.7 Å². The van der Waals surface area contributed by atoms with Crippen LogP contribution in [0, 0.1) is 0 Å². The topological polar surface area (TPSA) is 24.5 Å². The van der Waals surface area contributed by atoms with Gasteiger partial charge in [-0.25, -0.2) is 0 Å². The van der Waals surface area contributed by atoms with E-state index in [2.05, 4.69) is 35.5 Å². The molecule has 0 saturated carbocycles. The first-order chi connectivity index (χ1) is 7.81. The molecule has 2 aliphatic rings. The summed E-state index contributed by atoms with van der Waals surface area (Å²) in [6.07, 6.45) is 1.12. The Labute approximate surface area is 96.4 Å². The minimum absolute atomic E-state index is 0.497. The highest BCUT2D eigenvalue weighted by Crippen LogP contribution is 2.25. The van der Waals surface area contributed by atoms with Gasteiger partial charge in [0.05, 0.1) is 12.6 Å². The van der Waals surface area contributed by atoms with Crippen LogP contribution in [-0.2, 0) is 17.8 Å². The second-order valence-corrected chi connectivity index (χ2v) is 4.86. The van der Waals surface area contributed by atoms with Crippen molar-refractivity contribution in [2.75, 3.05) is 25.6 Å². The molecule has 1 aromatic rings. The van der Waals surface area contributed by atoms with Crippen molar-refractivity contribution in [2.45, 2.75) is 25.6 Å². The van der Waals surface area contributed by atoms with Crippen molar-refractivity contribution in [3.8, 4) is 0 Å². The van der Waals surface area contributed by atoms with Gasteiger partial charge < -0.3 is 10.1 Å². The summed E-state index contributed by atoms with van der Waals surface area (Å²) >= 11 is 0. The van der Waals surface area contributed by atoms with Gasteiger partial charge in [-0.2, -0.15) is 0 Å². The predicted molar refractivity (Wildman–Crippen MR) is 64.5 cm³/mol. The second-order valence-electron chi connectivity index (χ2n) is 4.86. The van der Waals surface area contributed by atoms with Crippen LogP contribution < -0.4 is 5.32 Å². The van der Waals surface area contributed by atoms with Crippen molar-refractivity contribution in [2.24, 2.45) is 0 Å². The number of fused-ring (bicyclic) bond motifs is 1. The molecule has 0 bridgehead atoms. The van der Waals surface area contributed by atoms with Gasteiger partial charge in [-0.05, 0) is 36.7 Å². The van der Waals surface area contributed by atoms with Gasteiger partial charge >= 0.3 is 0 Å². The van der Waals surface area contributed by atoms with Crippen molar-refractivity contribution in [1.29, 1.82) is 0 Å². The quantitative estimate of drug-likeness (QED) is 0.819. The highest BCUT2D eigenvalue weighted by molar-refractivity contribution is 5.50. The molecule has 2 heterocycles. The maximum Gasteiger partial charge on any atom is 0.0668 e. The minimum Gasteiger partial charge on any atom is -0.380 e. The number of ether oxygens (including phenoxy) is 1. The molecular formula is C13H18N2O. The lowest BCUT2D eigenvalue weighted by Gasteiger charge is -2.13. The first-order valence-electron chi connectivity index (χ1n) is 5.96. The zero-order valence-electron chi connectivity index (χ0n) is 9.70. The van der Waals surface area contributed by atoms with Crippen LogP contribution in [0.15, 0.2) is 18.2 Å². The standard InChI is InChI=1S/C13H18N2O/c1-15-7-10-2-3-12(6-11(10)8-15)14-13-4-5-16-9-13/h2-3,6,13-14H,4-5,7-9H2,1H3. The first kappa shape index (κ1) is 10.1. The van der Waals surface area contributed by atoms with E-state index >= 15 is 0 Å². The molecule has 2 aliphatic heterocycles. The summed E-state index contributed by atoms with van der Waals surface area (Å²) in [6, 6.07) is 7.22. The van der Waals surface area contributed by atoms with E-state index < -0.39 is 0 Å². The van der Waals surface area contributed by atoms with Gasteiger partial charge in [0.25, 0.3) is 0 Å². The summed E-state index contributed by atoms with van der Waals surface area (Å²) in [5, 5.41) is 3.54. The summed E-state index contributed by atoms with van der Waals surface area (Å²) in [4.78, 5) is 2.34. The van der Waals surface area contributed by atoms with Crippen LogP contribution in [0.5, 0.6) is 0 Å². The Balaban J connectivity index is 1.74. The van der Waals surface area contributed by atoms with Crippen LogP contribution >= 0.6 is 0 Å². The smallest absolute Gasteiger partial charge is 0.0668 e. The summed E-state index contributed by atoms with van der Waals surface area (Å²) in [5.41, 5.74) is 4.17. The molecule has 3 nitrogen and oxygen atoms in total. The normalized spacial score (nSPS) is 24.7. The molecule has 1 fully saturated rings. The molecule has 3 heteroatoms. The molecule has 0 aromatic heterocycles. The van der Waals surface area contributed by atoms with Crippen molar-refractivity contribution in [1.82, 2.24) is 4.90 Å². The first-order valence-corrected chi connectivity index (χ1v) is 5.96. The van der Waals surface area contributed by atoms with Crippen molar-refractivity contribution >= 4 is 5.69 Å². The van der Waals surface area contributed by atoms with Crippen LogP contribution in [0.1, 0.15) is 17.5 Å². The van der Waals surface area contributed by atoms with Gasteiger partial charge in [0.15, 0.2) is 0 Å². The van der Waals surface area contributed by atoms with E-state index in [1.165, 1.54) is 16.8 Å². The van der Waals surface area contributed by atoms with Crippen LogP contribution in [0.25, 0.3) is 0 Å². The summed E-state index contributed by atoms with van der Waals surface area (Å²) in [6.45, 7) is 3.90. The van der Waals surface area contributed by atoms with E-state index in [1.54, 1.807) is 0 Å². The summed E-state index contributed by atoms with van der Waals surface area (Å²) in [5.74, 6) is 0. The number of nitrogens with zero attached hydrogens (tertiary/aromatic N) is 1. The molecule has 0 spiro atoms. The number of hydrogen-bond donors (Lipinski definition) is 1. The lowest BCUT2D eigenvalue weighted by molar-refractivity contribution is 0.195. The third kappa shape index (κ3) is 1.93. The highest BCUT2D eigenvalue weighted by atomic mass is 16.5. The van der Waals surface area contributed by atoms with E-state index in [1.807, 2.05) is 0 Å². The third-order valence-corrected chi connectivity index (χ3v) is 3.39. The summed E-state index contributed by atoms with van der Waals surface area (Å²) < 4.78 is 5.37. The number of hydrogen-bond acceptors (Lipinski definition) is 3. The molecule has 1 aromatic carbocycles. The number of rotatable bonds is 2. The Hall–Kier alpha value is -1.06. The maximum atomic E-state index is 5.37. The van der Waals surface area contributed by atoms with Gasteiger partial charge in [0.1, 0.15) is 0 Å². The van der Waals surface area contributed by atoms with Gasteiger partial charge in [0.2, 0.25) is 0 Å². The molecule has 0 aliphatic carbocycles. The Morgan fingerprint density at radius 3 is 3.00 bits per heavy atom. The molecule has 16 heavy (non-hydrogen) atoms. The molecular weight excluding hydrogens is 200 g/mol. The van der Waals surface area contributed by atoms with Crippen LogP contribution in [-0.4, -0.2) is 31.2 Å². The molecule has 86 valence electrons. The lowest BCUT2D eigenvalue weighted by Crippen LogP contribution is -2.18. The second kappa shape index (κ2) is 4.07. The van der Waals surface area contributed by atoms with E-state index in [-0.39, 0.29) is 0 Å². The molecule has 1 saturated heterocycles. The Kier molecular flexibility index (Phi) is 2.58. The van der Waals surface area contributed by atoms with Crippen molar-refractivity contribution < 1.29 is 4.74 Å². The fourth-order valence-electron chi connectivity index (χ4n) is 2.54. The number of anilines is 1. The van der Waals surface area contributed by atoms with Gasteiger partial charge in [-0.1, -0.05) is 6.07 Å². The highest BCUT2D eigenvalue weighted by Gasteiger charge is 2.18. The monoisotopic (exact) mass is 218 g/mol. The molecule has 1 atom stereocenters. The average molecular weight is 218 g/mol. The molecule has 1 unspecified atom stereocenters. The van der Waals surface area contributed by atoms with E-state index in [4.69, 9.17) is 4.74 Å². The predicted octanol–water partition coefficient (Wildman–Crippen LogP) is 1.83. The lowest BCUT2D eigenvalue weighted by atomic mass is 10.1. The van der Waals surface area contributed by atoms with Crippen molar-refractivity contribution in [3.05, 3.63) is 29.3 Å². The molecule has 3 rings (SSSR count). The van der Waals surface area contributed by atoms with Crippen LogP contribution in [0.3, 0.4) is 0 Å². The Bertz CT molecular complexity index is 386. The Morgan fingerprint density at radius 1 is 1.31 bits per heavy atom. The zero-order valence-corrected chi connectivity index (χ0v) is 9.70. The molecule has 1 N–H and O–H groups in total. The van der Waals surface area contributed by atoms with E-state index in [9.17, 15) is 0 Å². The molecule has 0 amide bonds. The largest absolute Gasteiger partial charge is 0.380 e. The maximum absolute atomic E-state index is 5.37. The molecule has 0 radical (unpaired) electrons. The van der Waals surface area contributed by atoms with Crippen molar-refractivity contribution in [3.63, 3.8) is 0 Å². The fraction of sp³-hybridized carbons (Fsp3) is 0.538. The zero-order chi connectivity index (χ0) is 11.0. The minimum atomic E-state index is 0.497. The number of benzene rings is 1. The van der Waals surface area contributed by atoms with Gasteiger partial charge in [-0.3, -0.25) is 4.90 Å². The van der Waals surface area contributed by atoms with Gasteiger partial charge in [0, 0.05) is 25.4 Å². The van der Waals surface area contributed by atoms with Crippen LogP contribution in [0.4, 0.5) is 5.69 Å². The number of nitrogens with one attached hydrogen (secondary N) is 1. The van der Waals surface area contributed by atoms with Crippen LogP contribution in [0.2, 0.25) is 0 Å². The average Bonchev–Trinajstić information content (AvgIpc) is 2.85. The fourth-order valence-corrected chi connectivity index (χ4v) is 2.54. The van der Waals surface area contributed by atoms with E-state index in [0.29, 0.717) is 6.04 Å². The third-order valence-electron chi connectivity index (χ3n) is 3.39. The summed E-state index contributed by atoms with van der Waals surface area (Å²) in [7, 11) is 2.16. The van der Waals surface area contributed by atoms with Gasteiger partial charge in [-0.15, -0.1) is 0 Å². The Morgan fingerprint density at radius 2 is 2.19 bits per heavy atom.